The number of aromatic nitrogens is 4. The Morgan fingerprint density at radius 3 is 2.81 bits per heavy atom. The Bertz CT molecular complexity index is 833. The van der Waals surface area contributed by atoms with Gasteiger partial charge in [-0.15, -0.1) is 0 Å². The van der Waals surface area contributed by atoms with Crippen LogP contribution in [0.4, 0.5) is 0 Å². The summed E-state index contributed by atoms with van der Waals surface area (Å²) >= 11 is 5.24. The average Bonchev–Trinajstić information content (AvgIpc) is 2.87. The van der Waals surface area contributed by atoms with Gasteiger partial charge in [0.25, 0.3) is 0 Å². The number of aromatic amines is 1. The molecule has 0 bridgehead atoms. The third-order valence-corrected chi connectivity index (χ3v) is 3.22. The number of pyridine rings is 1. The second-order valence-electron chi connectivity index (χ2n) is 4.56. The molecule has 1 aromatic carbocycles. The van der Waals surface area contributed by atoms with E-state index in [0.29, 0.717) is 10.6 Å². The fourth-order valence-corrected chi connectivity index (χ4v) is 2.12. The normalized spacial score (nSPS) is 11.1. The van der Waals surface area contributed by atoms with Crippen LogP contribution in [0.1, 0.15) is 11.1 Å². The molecule has 0 saturated heterocycles. The van der Waals surface area contributed by atoms with Crippen molar-refractivity contribution in [1.82, 2.24) is 19.9 Å². The van der Waals surface area contributed by atoms with E-state index in [1.807, 2.05) is 43.3 Å². The molecule has 0 spiro atoms. The maximum absolute atomic E-state index is 5.24. The summed E-state index contributed by atoms with van der Waals surface area (Å²) in [4.78, 5) is 3.98. The molecule has 0 aliphatic carbocycles. The van der Waals surface area contributed by atoms with Crippen molar-refractivity contribution in [2.75, 3.05) is 0 Å². The van der Waals surface area contributed by atoms with Crippen molar-refractivity contribution in [1.29, 1.82) is 0 Å². The summed E-state index contributed by atoms with van der Waals surface area (Å²) in [6.07, 6.45) is 5.17. The van der Waals surface area contributed by atoms with Gasteiger partial charge in [0.05, 0.1) is 6.21 Å². The molecule has 0 fully saturated rings. The lowest BCUT2D eigenvalue weighted by Crippen LogP contribution is -1.95. The quantitative estimate of drug-likeness (QED) is 0.596. The summed E-state index contributed by atoms with van der Waals surface area (Å²) in [5, 5.41) is 11.4. The fourth-order valence-electron chi connectivity index (χ4n) is 1.94. The van der Waals surface area contributed by atoms with E-state index in [2.05, 4.69) is 20.3 Å². The van der Waals surface area contributed by atoms with Crippen LogP contribution in [0.15, 0.2) is 53.9 Å². The van der Waals surface area contributed by atoms with Crippen LogP contribution in [0.25, 0.3) is 11.4 Å². The molecular weight excluding hydrogens is 282 g/mol. The van der Waals surface area contributed by atoms with Gasteiger partial charge in [0.1, 0.15) is 0 Å². The summed E-state index contributed by atoms with van der Waals surface area (Å²) in [6.45, 7) is 2.04. The van der Waals surface area contributed by atoms with E-state index in [4.69, 9.17) is 12.2 Å². The topological polar surface area (TPSA) is 58.9 Å². The SMILES string of the molecule is Cc1cccc(-c2n[nH]c(=S)n2N=Cc2ccncc2)c1. The van der Waals surface area contributed by atoms with Crippen LogP contribution in [-0.4, -0.2) is 26.1 Å². The predicted octanol–water partition coefficient (Wildman–Crippen LogP) is 3.19. The van der Waals surface area contributed by atoms with Gasteiger partial charge in [-0.05, 0) is 42.9 Å². The monoisotopic (exact) mass is 295 g/mol. The number of H-pyrrole nitrogens is 1. The van der Waals surface area contributed by atoms with E-state index < -0.39 is 0 Å². The van der Waals surface area contributed by atoms with Gasteiger partial charge in [-0.1, -0.05) is 23.8 Å². The van der Waals surface area contributed by atoms with Crippen LogP contribution < -0.4 is 0 Å². The lowest BCUT2D eigenvalue weighted by Gasteiger charge is -2.02. The molecule has 2 aromatic heterocycles. The van der Waals surface area contributed by atoms with Crippen LogP contribution >= 0.6 is 12.2 Å². The highest BCUT2D eigenvalue weighted by Gasteiger charge is 2.07. The largest absolute Gasteiger partial charge is 0.265 e. The number of nitrogens with one attached hydrogen (secondary N) is 1. The number of rotatable bonds is 3. The molecular formula is C15H13N5S. The Kier molecular flexibility index (Phi) is 3.70. The van der Waals surface area contributed by atoms with E-state index in [1.54, 1.807) is 23.3 Å². The Balaban J connectivity index is 2.02. The van der Waals surface area contributed by atoms with Crippen LogP contribution in [0, 0.1) is 11.7 Å². The molecule has 0 aliphatic rings. The standard InChI is InChI=1S/C15H13N5S/c1-11-3-2-4-13(9-11)14-18-19-15(21)20(14)17-10-12-5-7-16-8-6-12/h2-10H,1H3,(H,19,21). The van der Waals surface area contributed by atoms with Gasteiger partial charge in [-0.2, -0.15) is 14.9 Å². The zero-order chi connectivity index (χ0) is 14.7. The molecule has 0 unspecified atom stereocenters. The van der Waals surface area contributed by atoms with Crippen LogP contribution in [0.5, 0.6) is 0 Å². The highest BCUT2D eigenvalue weighted by molar-refractivity contribution is 7.71. The van der Waals surface area contributed by atoms with E-state index in [0.717, 1.165) is 16.7 Å². The van der Waals surface area contributed by atoms with Crippen molar-refractivity contribution in [2.24, 2.45) is 5.10 Å². The summed E-state index contributed by atoms with van der Waals surface area (Å²) in [7, 11) is 0. The maximum atomic E-state index is 5.24. The van der Waals surface area contributed by atoms with Gasteiger partial charge >= 0.3 is 0 Å². The zero-order valence-electron chi connectivity index (χ0n) is 11.4. The molecule has 0 aliphatic heterocycles. The molecule has 0 amide bonds. The highest BCUT2D eigenvalue weighted by atomic mass is 32.1. The minimum atomic E-state index is 0.455. The van der Waals surface area contributed by atoms with Crippen molar-refractivity contribution in [2.45, 2.75) is 6.92 Å². The predicted molar refractivity (Wildman–Crippen MR) is 84.8 cm³/mol. The van der Waals surface area contributed by atoms with Crippen molar-refractivity contribution in [3.63, 3.8) is 0 Å². The second-order valence-corrected chi connectivity index (χ2v) is 4.95. The van der Waals surface area contributed by atoms with Gasteiger partial charge < -0.3 is 0 Å². The first-order chi connectivity index (χ1) is 10.2. The van der Waals surface area contributed by atoms with Crippen molar-refractivity contribution in [3.8, 4) is 11.4 Å². The van der Waals surface area contributed by atoms with Gasteiger partial charge in [0, 0.05) is 18.0 Å². The molecule has 6 heteroatoms. The van der Waals surface area contributed by atoms with E-state index in [1.165, 1.54) is 0 Å². The summed E-state index contributed by atoms with van der Waals surface area (Å²) in [6, 6.07) is 11.8. The first-order valence-corrected chi connectivity index (χ1v) is 6.84. The summed E-state index contributed by atoms with van der Waals surface area (Å²) in [5.74, 6) is 0.689. The first kappa shape index (κ1) is 13.4. The van der Waals surface area contributed by atoms with Crippen molar-refractivity contribution >= 4 is 18.4 Å². The molecule has 2 heterocycles. The molecule has 0 atom stereocenters. The van der Waals surface area contributed by atoms with E-state index in [9.17, 15) is 0 Å². The minimum absolute atomic E-state index is 0.455. The molecule has 3 aromatic rings. The maximum Gasteiger partial charge on any atom is 0.216 e. The van der Waals surface area contributed by atoms with E-state index in [-0.39, 0.29) is 0 Å². The molecule has 3 rings (SSSR count). The smallest absolute Gasteiger partial charge is 0.216 e. The highest BCUT2D eigenvalue weighted by Crippen LogP contribution is 2.18. The number of hydrogen-bond donors (Lipinski definition) is 1. The van der Waals surface area contributed by atoms with Gasteiger partial charge in [-0.3, -0.25) is 4.98 Å². The Hall–Kier alpha value is -2.60. The number of aryl methyl sites for hydroxylation is 1. The van der Waals surface area contributed by atoms with E-state index >= 15 is 0 Å². The Morgan fingerprint density at radius 2 is 2.05 bits per heavy atom. The number of benzene rings is 1. The fraction of sp³-hybridized carbons (Fsp3) is 0.0667. The average molecular weight is 295 g/mol. The lowest BCUT2D eigenvalue weighted by atomic mass is 10.1. The molecule has 21 heavy (non-hydrogen) atoms. The Morgan fingerprint density at radius 1 is 1.24 bits per heavy atom. The van der Waals surface area contributed by atoms with Crippen molar-refractivity contribution in [3.05, 3.63) is 64.7 Å². The van der Waals surface area contributed by atoms with Crippen LogP contribution in [0.3, 0.4) is 0 Å². The van der Waals surface area contributed by atoms with Crippen LogP contribution in [0.2, 0.25) is 0 Å². The molecule has 104 valence electrons. The number of hydrogen-bond acceptors (Lipinski definition) is 4. The third-order valence-electron chi connectivity index (χ3n) is 2.96. The summed E-state index contributed by atoms with van der Waals surface area (Å²) < 4.78 is 2.07. The van der Waals surface area contributed by atoms with Crippen molar-refractivity contribution < 1.29 is 0 Å². The molecule has 0 saturated carbocycles. The first-order valence-electron chi connectivity index (χ1n) is 6.43. The number of nitrogens with zero attached hydrogens (tertiary/aromatic N) is 4. The second kappa shape index (κ2) is 5.80. The minimum Gasteiger partial charge on any atom is -0.265 e. The van der Waals surface area contributed by atoms with Crippen LogP contribution in [-0.2, 0) is 0 Å². The molecule has 5 nitrogen and oxygen atoms in total. The van der Waals surface area contributed by atoms with Gasteiger partial charge in [-0.25, -0.2) is 5.10 Å². The van der Waals surface area contributed by atoms with Gasteiger partial charge in [0.15, 0.2) is 5.82 Å². The Labute approximate surface area is 127 Å². The third kappa shape index (κ3) is 2.95. The summed E-state index contributed by atoms with van der Waals surface area (Å²) in [5.41, 5.74) is 3.07. The van der Waals surface area contributed by atoms with Gasteiger partial charge in [0.2, 0.25) is 4.77 Å². The zero-order valence-corrected chi connectivity index (χ0v) is 12.2. The molecule has 0 radical (unpaired) electrons. The molecule has 1 N–H and O–H groups in total. The lowest BCUT2D eigenvalue weighted by molar-refractivity contribution is 0.871.